The Morgan fingerprint density at radius 3 is 2.59 bits per heavy atom. The van der Waals surface area contributed by atoms with Crippen molar-refractivity contribution in [1.82, 2.24) is 24.6 Å². The van der Waals surface area contributed by atoms with Gasteiger partial charge < -0.3 is 19.2 Å². The Bertz CT molecular complexity index is 1310. The number of benzene rings is 2. The number of aromatic nitrogens is 4. The van der Waals surface area contributed by atoms with Crippen molar-refractivity contribution >= 4 is 34.4 Å². The standard InChI is InChI=1S/C25H27N5O3S/c1-4-30-15-20(19-7-5-6-8-21(19)30)22(31)16-34-25-28-27-23(29(25)2)13-14-26-24(32)17-9-11-18(33-3)12-10-17/h5-12,15H,4,13-14,16H2,1-3H3,(H,26,32). The Morgan fingerprint density at radius 2 is 1.85 bits per heavy atom. The second-order valence-corrected chi connectivity index (χ2v) is 8.69. The number of methoxy groups -OCH3 is 1. The van der Waals surface area contributed by atoms with Crippen LogP contribution in [0.5, 0.6) is 5.75 Å². The van der Waals surface area contributed by atoms with Crippen molar-refractivity contribution in [3.63, 3.8) is 0 Å². The maximum Gasteiger partial charge on any atom is 0.251 e. The van der Waals surface area contributed by atoms with Crippen molar-refractivity contribution in [2.24, 2.45) is 7.05 Å². The zero-order chi connectivity index (χ0) is 24.1. The Balaban J connectivity index is 1.33. The van der Waals surface area contributed by atoms with E-state index in [0.717, 1.165) is 28.8 Å². The molecule has 4 aromatic rings. The first-order chi connectivity index (χ1) is 16.5. The molecule has 0 aliphatic carbocycles. The Labute approximate surface area is 202 Å². The number of carbonyl (C=O) groups excluding carboxylic acids is 2. The van der Waals surface area contributed by atoms with Gasteiger partial charge >= 0.3 is 0 Å². The fourth-order valence-electron chi connectivity index (χ4n) is 3.76. The third-order valence-electron chi connectivity index (χ3n) is 5.67. The third-order valence-corrected chi connectivity index (χ3v) is 6.69. The Kier molecular flexibility index (Phi) is 7.32. The summed E-state index contributed by atoms with van der Waals surface area (Å²) in [6.45, 7) is 3.30. The van der Waals surface area contributed by atoms with Crippen LogP contribution < -0.4 is 10.1 Å². The molecule has 4 rings (SSSR count). The fraction of sp³-hybridized carbons (Fsp3) is 0.280. The van der Waals surface area contributed by atoms with Crippen molar-refractivity contribution in [2.45, 2.75) is 25.0 Å². The number of nitrogens with one attached hydrogen (secondary N) is 1. The molecule has 34 heavy (non-hydrogen) atoms. The zero-order valence-electron chi connectivity index (χ0n) is 19.4. The molecule has 1 amide bonds. The first kappa shape index (κ1) is 23.6. The van der Waals surface area contributed by atoms with Crippen LogP contribution in [0.1, 0.15) is 33.5 Å². The number of ketones is 1. The second-order valence-electron chi connectivity index (χ2n) is 7.75. The molecule has 0 atom stereocenters. The number of thioether (sulfide) groups is 1. The van der Waals surface area contributed by atoms with Crippen LogP contribution in [-0.2, 0) is 20.0 Å². The number of fused-ring (bicyclic) bond motifs is 1. The molecule has 2 aromatic carbocycles. The summed E-state index contributed by atoms with van der Waals surface area (Å²) in [6, 6.07) is 14.9. The highest BCUT2D eigenvalue weighted by Gasteiger charge is 2.17. The van der Waals surface area contributed by atoms with Gasteiger partial charge in [0.15, 0.2) is 10.9 Å². The van der Waals surface area contributed by atoms with E-state index in [4.69, 9.17) is 4.74 Å². The zero-order valence-corrected chi connectivity index (χ0v) is 20.3. The van der Waals surface area contributed by atoms with E-state index in [1.807, 2.05) is 42.1 Å². The van der Waals surface area contributed by atoms with Crippen LogP contribution in [0.25, 0.3) is 10.9 Å². The van der Waals surface area contributed by atoms with E-state index in [2.05, 4.69) is 27.0 Å². The molecule has 0 saturated heterocycles. The highest BCUT2D eigenvalue weighted by atomic mass is 32.2. The SMILES string of the molecule is CCn1cc(C(=O)CSc2nnc(CCNC(=O)c3ccc(OC)cc3)n2C)c2ccccc21. The first-order valence-corrected chi connectivity index (χ1v) is 12.0. The maximum atomic E-state index is 13.0. The molecule has 0 aliphatic rings. The quantitative estimate of drug-likeness (QED) is 0.276. The van der Waals surface area contributed by atoms with Crippen molar-refractivity contribution in [3.8, 4) is 5.75 Å². The number of carbonyl (C=O) groups is 2. The maximum absolute atomic E-state index is 13.0. The van der Waals surface area contributed by atoms with Gasteiger partial charge in [-0.1, -0.05) is 30.0 Å². The molecule has 8 nitrogen and oxygen atoms in total. The van der Waals surface area contributed by atoms with E-state index >= 15 is 0 Å². The number of hydrogen-bond donors (Lipinski definition) is 1. The number of hydrogen-bond acceptors (Lipinski definition) is 6. The molecule has 0 radical (unpaired) electrons. The van der Waals surface area contributed by atoms with Crippen molar-refractivity contribution < 1.29 is 14.3 Å². The van der Waals surface area contributed by atoms with E-state index < -0.39 is 0 Å². The predicted octanol–water partition coefficient (Wildman–Crippen LogP) is 3.75. The second kappa shape index (κ2) is 10.6. The van der Waals surface area contributed by atoms with E-state index in [0.29, 0.717) is 29.4 Å². The van der Waals surface area contributed by atoms with Crippen LogP contribution in [-0.4, -0.2) is 50.4 Å². The number of nitrogens with zero attached hydrogens (tertiary/aromatic N) is 4. The largest absolute Gasteiger partial charge is 0.497 e. The molecule has 0 fully saturated rings. The molecule has 0 saturated carbocycles. The van der Waals surface area contributed by atoms with E-state index in [1.54, 1.807) is 31.4 Å². The molecular formula is C25H27N5O3S. The molecule has 2 heterocycles. The number of para-hydroxylation sites is 1. The van der Waals surface area contributed by atoms with Gasteiger partial charge in [0.25, 0.3) is 5.91 Å². The van der Waals surface area contributed by atoms with Gasteiger partial charge in [0, 0.05) is 54.8 Å². The van der Waals surface area contributed by atoms with Crippen LogP contribution in [0.4, 0.5) is 0 Å². The summed E-state index contributed by atoms with van der Waals surface area (Å²) in [5.41, 5.74) is 2.36. The lowest BCUT2D eigenvalue weighted by molar-refractivity contribution is 0.0953. The first-order valence-electron chi connectivity index (χ1n) is 11.1. The van der Waals surface area contributed by atoms with Gasteiger partial charge in [-0.05, 0) is 37.3 Å². The molecule has 9 heteroatoms. The smallest absolute Gasteiger partial charge is 0.251 e. The van der Waals surface area contributed by atoms with Crippen LogP contribution in [0.2, 0.25) is 0 Å². The average Bonchev–Trinajstić information content (AvgIpc) is 3.42. The highest BCUT2D eigenvalue weighted by Crippen LogP contribution is 2.24. The van der Waals surface area contributed by atoms with Gasteiger partial charge in [0.05, 0.1) is 12.9 Å². The molecule has 2 aromatic heterocycles. The molecule has 0 bridgehead atoms. The minimum absolute atomic E-state index is 0.0599. The summed E-state index contributed by atoms with van der Waals surface area (Å²) in [6.07, 6.45) is 2.46. The Hall–Kier alpha value is -3.59. The number of rotatable bonds is 10. The molecule has 0 unspecified atom stereocenters. The normalized spacial score (nSPS) is 11.0. The molecule has 0 spiro atoms. The lowest BCUT2D eigenvalue weighted by Gasteiger charge is -2.07. The van der Waals surface area contributed by atoms with Gasteiger partial charge in [-0.2, -0.15) is 0 Å². The van der Waals surface area contributed by atoms with Gasteiger partial charge in [0.1, 0.15) is 11.6 Å². The number of Topliss-reactive ketones (excluding diaryl/α,β-unsaturated/α-hetero) is 1. The van der Waals surface area contributed by atoms with Crippen LogP contribution in [0.15, 0.2) is 59.9 Å². The van der Waals surface area contributed by atoms with Gasteiger partial charge in [-0.3, -0.25) is 9.59 Å². The summed E-state index contributed by atoms with van der Waals surface area (Å²) >= 11 is 1.37. The van der Waals surface area contributed by atoms with E-state index in [1.165, 1.54) is 11.8 Å². The van der Waals surface area contributed by atoms with Crippen LogP contribution in [0.3, 0.4) is 0 Å². The number of ether oxygens (including phenoxy) is 1. The highest BCUT2D eigenvalue weighted by molar-refractivity contribution is 7.99. The third kappa shape index (κ3) is 4.99. The summed E-state index contributed by atoms with van der Waals surface area (Å²) in [5, 5.41) is 13.0. The summed E-state index contributed by atoms with van der Waals surface area (Å²) in [5.74, 6) is 1.63. The summed E-state index contributed by atoms with van der Waals surface area (Å²) in [7, 11) is 3.46. The monoisotopic (exact) mass is 477 g/mol. The molecule has 176 valence electrons. The van der Waals surface area contributed by atoms with Crippen molar-refractivity contribution in [3.05, 3.63) is 71.7 Å². The summed E-state index contributed by atoms with van der Waals surface area (Å²) < 4.78 is 9.07. The van der Waals surface area contributed by atoms with E-state index in [9.17, 15) is 9.59 Å². The average molecular weight is 478 g/mol. The van der Waals surface area contributed by atoms with Crippen molar-refractivity contribution in [1.29, 1.82) is 0 Å². The number of amides is 1. The van der Waals surface area contributed by atoms with Crippen molar-refractivity contribution in [2.75, 3.05) is 19.4 Å². The Morgan fingerprint density at radius 1 is 1.09 bits per heavy atom. The molecular weight excluding hydrogens is 450 g/mol. The summed E-state index contributed by atoms with van der Waals surface area (Å²) in [4.78, 5) is 25.3. The lowest BCUT2D eigenvalue weighted by Crippen LogP contribution is -2.26. The van der Waals surface area contributed by atoms with Gasteiger partial charge in [0.2, 0.25) is 0 Å². The predicted molar refractivity (Wildman–Crippen MR) is 133 cm³/mol. The van der Waals surface area contributed by atoms with E-state index in [-0.39, 0.29) is 17.4 Å². The van der Waals surface area contributed by atoms with Gasteiger partial charge in [-0.15, -0.1) is 10.2 Å². The van der Waals surface area contributed by atoms with Crippen LogP contribution >= 0.6 is 11.8 Å². The van der Waals surface area contributed by atoms with Gasteiger partial charge in [-0.25, -0.2) is 0 Å². The number of aryl methyl sites for hydroxylation is 1. The fourth-order valence-corrected chi connectivity index (χ4v) is 4.57. The molecule has 1 N–H and O–H groups in total. The molecule has 0 aliphatic heterocycles. The lowest BCUT2D eigenvalue weighted by atomic mass is 10.1. The van der Waals surface area contributed by atoms with Crippen LogP contribution in [0, 0.1) is 0 Å². The minimum atomic E-state index is -0.156. The topological polar surface area (TPSA) is 91.0 Å². The minimum Gasteiger partial charge on any atom is -0.497 e.